The molecule has 0 N–H and O–H groups in total. The summed E-state index contributed by atoms with van der Waals surface area (Å²) in [6.45, 7) is 4.19. The topological polar surface area (TPSA) is 26.3 Å². The lowest BCUT2D eigenvalue weighted by Crippen LogP contribution is -2.13. The van der Waals surface area contributed by atoms with Crippen LogP contribution in [0.1, 0.15) is 89.5 Å². The van der Waals surface area contributed by atoms with E-state index in [1.807, 2.05) is 31.2 Å². The Bertz CT molecular complexity index is 589. The van der Waals surface area contributed by atoms with Gasteiger partial charge >= 0.3 is 5.97 Å². The minimum Gasteiger partial charge on any atom is -0.423 e. The second-order valence-electron chi connectivity index (χ2n) is 7.80. The summed E-state index contributed by atoms with van der Waals surface area (Å²) in [7, 11) is 0. The molecule has 0 spiro atoms. The molecule has 27 heavy (non-hydrogen) atoms. The van der Waals surface area contributed by atoms with E-state index in [1.165, 1.54) is 75.8 Å². The van der Waals surface area contributed by atoms with Crippen LogP contribution < -0.4 is 4.74 Å². The maximum Gasteiger partial charge on any atom is 0.336 e. The first-order valence-electron chi connectivity index (χ1n) is 10.8. The highest BCUT2D eigenvalue weighted by Gasteiger charge is 2.22. The summed E-state index contributed by atoms with van der Waals surface area (Å²) in [5.74, 6) is 1.89. The van der Waals surface area contributed by atoms with Gasteiger partial charge in [-0.2, -0.15) is 0 Å². The molecule has 1 aromatic rings. The molecule has 0 radical (unpaired) electrons. The molecule has 0 amide bonds. The third-order valence-electron chi connectivity index (χ3n) is 5.67. The van der Waals surface area contributed by atoms with Gasteiger partial charge in [0.25, 0.3) is 0 Å². The summed E-state index contributed by atoms with van der Waals surface area (Å²) in [6, 6.07) is 8.12. The largest absolute Gasteiger partial charge is 0.423 e. The number of hydrogen-bond acceptors (Lipinski definition) is 2. The van der Waals surface area contributed by atoms with Crippen molar-refractivity contribution in [2.75, 3.05) is 0 Å². The summed E-state index contributed by atoms with van der Waals surface area (Å²) < 4.78 is 5.33. The molecule has 0 aliphatic heterocycles. The number of unbranched alkanes of at least 4 members (excludes halogenated alkanes) is 4. The van der Waals surface area contributed by atoms with Gasteiger partial charge in [-0.05, 0) is 62.1 Å². The molecular formula is C25H36O2. The van der Waals surface area contributed by atoms with Crippen molar-refractivity contribution in [1.82, 2.24) is 0 Å². The Hall–Kier alpha value is -1.83. The van der Waals surface area contributed by atoms with Gasteiger partial charge in [-0.3, -0.25) is 0 Å². The summed E-state index contributed by atoms with van der Waals surface area (Å²) in [5, 5.41) is 0. The molecule has 1 aromatic carbocycles. The van der Waals surface area contributed by atoms with Crippen molar-refractivity contribution in [3.05, 3.63) is 54.1 Å². The van der Waals surface area contributed by atoms with Crippen molar-refractivity contribution in [2.45, 2.75) is 84.0 Å². The molecule has 1 saturated carbocycles. The molecule has 1 aliphatic carbocycles. The quantitative estimate of drug-likeness (QED) is 0.142. The first-order valence-corrected chi connectivity index (χ1v) is 10.8. The number of carbonyl (C=O) groups is 1. The van der Waals surface area contributed by atoms with Gasteiger partial charge in [0.1, 0.15) is 5.75 Å². The Balaban J connectivity index is 1.72. The standard InChI is InChI=1S/C25H36O2/c1-3-5-7-8-10-11-21-13-15-22(16-14-21)23-17-19-24(20-18-23)27-25(26)12-9-6-4-2/h4,6,9,12,17-22H,3,5,7-8,10-11,13-16H2,1-2H3/b6-4+,12-9+. The minimum atomic E-state index is -0.333. The normalized spacial score (nSPS) is 20.4. The molecule has 0 bridgehead atoms. The average molecular weight is 369 g/mol. The number of carbonyl (C=O) groups excluding carboxylic acids is 1. The van der Waals surface area contributed by atoms with Gasteiger partial charge in [0.15, 0.2) is 0 Å². The van der Waals surface area contributed by atoms with Crippen LogP contribution in [0.25, 0.3) is 0 Å². The molecule has 0 aromatic heterocycles. The Labute approximate surface area is 165 Å². The van der Waals surface area contributed by atoms with Gasteiger partial charge in [0.2, 0.25) is 0 Å². The van der Waals surface area contributed by atoms with Crippen LogP contribution in [0.4, 0.5) is 0 Å². The van der Waals surface area contributed by atoms with E-state index in [0.717, 1.165) is 5.92 Å². The molecule has 148 valence electrons. The Morgan fingerprint density at radius 1 is 1.00 bits per heavy atom. The zero-order valence-corrected chi connectivity index (χ0v) is 17.2. The van der Waals surface area contributed by atoms with E-state index in [9.17, 15) is 4.79 Å². The number of hydrogen-bond donors (Lipinski definition) is 0. The molecule has 0 saturated heterocycles. The highest BCUT2D eigenvalue weighted by molar-refractivity contribution is 5.84. The fourth-order valence-electron chi connectivity index (χ4n) is 4.02. The van der Waals surface area contributed by atoms with Crippen molar-refractivity contribution in [1.29, 1.82) is 0 Å². The van der Waals surface area contributed by atoms with E-state index in [4.69, 9.17) is 4.74 Å². The highest BCUT2D eigenvalue weighted by Crippen LogP contribution is 2.38. The van der Waals surface area contributed by atoms with Crippen LogP contribution in [-0.4, -0.2) is 5.97 Å². The molecule has 0 unspecified atom stereocenters. The van der Waals surface area contributed by atoms with Gasteiger partial charge in [-0.15, -0.1) is 0 Å². The molecule has 2 nitrogen and oxygen atoms in total. The van der Waals surface area contributed by atoms with Crippen LogP contribution in [0.2, 0.25) is 0 Å². The third-order valence-corrected chi connectivity index (χ3v) is 5.67. The first-order chi connectivity index (χ1) is 13.2. The molecule has 0 atom stereocenters. The molecule has 2 rings (SSSR count). The zero-order valence-electron chi connectivity index (χ0n) is 17.2. The summed E-state index contributed by atoms with van der Waals surface area (Å²) in [5.41, 5.74) is 1.39. The van der Waals surface area contributed by atoms with Gasteiger partial charge < -0.3 is 4.74 Å². The molecule has 2 heteroatoms. The average Bonchev–Trinajstić information content (AvgIpc) is 2.69. The number of allylic oxidation sites excluding steroid dienone is 3. The Kier molecular flexibility index (Phi) is 9.97. The number of ether oxygens (including phenoxy) is 1. The van der Waals surface area contributed by atoms with Crippen molar-refractivity contribution in [2.24, 2.45) is 5.92 Å². The van der Waals surface area contributed by atoms with Crippen molar-refractivity contribution >= 4 is 5.97 Å². The number of benzene rings is 1. The predicted octanol–water partition coefficient (Wildman–Crippen LogP) is 7.36. The van der Waals surface area contributed by atoms with Gasteiger partial charge in [0.05, 0.1) is 0 Å². The van der Waals surface area contributed by atoms with E-state index in [1.54, 1.807) is 6.08 Å². The second-order valence-corrected chi connectivity index (χ2v) is 7.80. The smallest absolute Gasteiger partial charge is 0.336 e. The van der Waals surface area contributed by atoms with E-state index in [2.05, 4.69) is 19.1 Å². The third kappa shape index (κ3) is 8.15. The van der Waals surface area contributed by atoms with Crippen molar-refractivity contribution in [3.8, 4) is 5.75 Å². The van der Waals surface area contributed by atoms with Crippen LogP contribution in [0.3, 0.4) is 0 Å². The highest BCUT2D eigenvalue weighted by atomic mass is 16.5. The summed E-state index contributed by atoms with van der Waals surface area (Å²) in [6.07, 6.45) is 20.5. The maximum atomic E-state index is 11.7. The Morgan fingerprint density at radius 3 is 2.37 bits per heavy atom. The summed E-state index contributed by atoms with van der Waals surface area (Å²) in [4.78, 5) is 11.7. The molecule has 0 heterocycles. The Morgan fingerprint density at radius 2 is 1.70 bits per heavy atom. The van der Waals surface area contributed by atoms with Gasteiger partial charge in [-0.25, -0.2) is 4.79 Å². The van der Waals surface area contributed by atoms with E-state index in [-0.39, 0.29) is 5.97 Å². The lowest BCUT2D eigenvalue weighted by atomic mass is 9.77. The second kappa shape index (κ2) is 12.5. The SMILES string of the molecule is C/C=C/C=C/C(=O)Oc1ccc(C2CCC(CCCCCCC)CC2)cc1. The van der Waals surface area contributed by atoms with Crippen LogP contribution >= 0.6 is 0 Å². The van der Waals surface area contributed by atoms with E-state index >= 15 is 0 Å². The van der Waals surface area contributed by atoms with Crippen LogP contribution in [0.5, 0.6) is 5.75 Å². The fraction of sp³-hybridized carbons (Fsp3) is 0.560. The lowest BCUT2D eigenvalue weighted by Gasteiger charge is -2.29. The van der Waals surface area contributed by atoms with Gasteiger partial charge in [-0.1, -0.05) is 75.8 Å². The maximum absolute atomic E-state index is 11.7. The minimum absolute atomic E-state index is 0.333. The van der Waals surface area contributed by atoms with Crippen LogP contribution in [0, 0.1) is 5.92 Å². The predicted molar refractivity (Wildman–Crippen MR) is 114 cm³/mol. The van der Waals surface area contributed by atoms with E-state index in [0.29, 0.717) is 11.7 Å². The number of esters is 1. The number of rotatable bonds is 10. The molecule has 1 aliphatic rings. The lowest BCUT2D eigenvalue weighted by molar-refractivity contribution is -0.128. The van der Waals surface area contributed by atoms with Crippen molar-refractivity contribution < 1.29 is 9.53 Å². The van der Waals surface area contributed by atoms with Crippen LogP contribution in [0.15, 0.2) is 48.6 Å². The fourth-order valence-corrected chi connectivity index (χ4v) is 4.02. The first kappa shape index (κ1) is 21.5. The monoisotopic (exact) mass is 368 g/mol. The molecule has 1 fully saturated rings. The zero-order chi connectivity index (χ0) is 19.3. The molecular weight excluding hydrogens is 332 g/mol. The van der Waals surface area contributed by atoms with Crippen molar-refractivity contribution in [3.63, 3.8) is 0 Å². The van der Waals surface area contributed by atoms with E-state index < -0.39 is 0 Å². The van der Waals surface area contributed by atoms with Crippen LogP contribution in [-0.2, 0) is 4.79 Å². The summed E-state index contributed by atoms with van der Waals surface area (Å²) >= 11 is 0. The van der Waals surface area contributed by atoms with Gasteiger partial charge in [0, 0.05) is 6.08 Å².